The van der Waals surface area contributed by atoms with Gasteiger partial charge in [0.05, 0.1) is 11.3 Å². The van der Waals surface area contributed by atoms with Crippen molar-refractivity contribution in [2.75, 3.05) is 37.3 Å². The first-order valence-corrected chi connectivity index (χ1v) is 10.3. The molecule has 1 saturated heterocycles. The lowest BCUT2D eigenvalue weighted by Gasteiger charge is -2.36. The summed E-state index contributed by atoms with van der Waals surface area (Å²) in [4.78, 5) is 16.7. The standard InChI is InChI=1S/C19H21FN2O3S/c1-26(24,25)18-5-3-2-4-15(18)14-19(23)22-12-10-21(11-13-22)17-8-6-16(20)7-9-17/h2-9H,10-14H2,1H3. The van der Waals surface area contributed by atoms with Crippen molar-refractivity contribution in [1.82, 2.24) is 4.90 Å². The van der Waals surface area contributed by atoms with Crippen LogP contribution in [0.3, 0.4) is 0 Å². The Hall–Kier alpha value is -2.41. The first-order chi connectivity index (χ1) is 12.3. The van der Waals surface area contributed by atoms with Crippen LogP contribution >= 0.6 is 0 Å². The van der Waals surface area contributed by atoms with Gasteiger partial charge in [0.15, 0.2) is 9.84 Å². The fraction of sp³-hybridized carbons (Fsp3) is 0.316. The van der Waals surface area contributed by atoms with Gasteiger partial charge in [0.1, 0.15) is 5.82 Å². The summed E-state index contributed by atoms with van der Waals surface area (Å²) in [5, 5.41) is 0. The summed E-state index contributed by atoms with van der Waals surface area (Å²) >= 11 is 0. The number of hydrogen-bond acceptors (Lipinski definition) is 4. The molecule has 1 fully saturated rings. The second kappa shape index (κ2) is 7.45. The number of amides is 1. The molecule has 0 saturated carbocycles. The summed E-state index contributed by atoms with van der Waals surface area (Å²) in [5.41, 5.74) is 1.46. The highest BCUT2D eigenvalue weighted by atomic mass is 32.2. The van der Waals surface area contributed by atoms with E-state index in [1.54, 1.807) is 35.2 Å². The molecular weight excluding hydrogens is 355 g/mol. The maximum atomic E-state index is 13.0. The molecule has 26 heavy (non-hydrogen) atoms. The predicted molar refractivity (Wildman–Crippen MR) is 98.4 cm³/mol. The van der Waals surface area contributed by atoms with Crippen LogP contribution in [0.4, 0.5) is 10.1 Å². The molecule has 0 bridgehead atoms. The van der Waals surface area contributed by atoms with Gasteiger partial charge in [-0.3, -0.25) is 4.79 Å². The highest BCUT2D eigenvalue weighted by Crippen LogP contribution is 2.19. The Morgan fingerprint density at radius 1 is 1.00 bits per heavy atom. The zero-order valence-corrected chi connectivity index (χ0v) is 15.4. The Labute approximate surface area is 153 Å². The Morgan fingerprint density at radius 3 is 2.23 bits per heavy atom. The summed E-state index contributed by atoms with van der Waals surface area (Å²) in [6, 6.07) is 12.9. The molecule has 1 aliphatic rings. The number of benzene rings is 2. The average Bonchev–Trinajstić information content (AvgIpc) is 2.62. The van der Waals surface area contributed by atoms with E-state index >= 15 is 0 Å². The lowest BCUT2D eigenvalue weighted by Crippen LogP contribution is -2.49. The van der Waals surface area contributed by atoms with Crippen molar-refractivity contribution < 1.29 is 17.6 Å². The van der Waals surface area contributed by atoms with Crippen LogP contribution in [0.15, 0.2) is 53.4 Å². The van der Waals surface area contributed by atoms with Crippen LogP contribution in [0.5, 0.6) is 0 Å². The highest BCUT2D eigenvalue weighted by molar-refractivity contribution is 7.90. The van der Waals surface area contributed by atoms with Crippen LogP contribution in [-0.2, 0) is 21.1 Å². The molecule has 2 aromatic carbocycles. The van der Waals surface area contributed by atoms with Crippen molar-refractivity contribution in [3.63, 3.8) is 0 Å². The first-order valence-electron chi connectivity index (χ1n) is 8.41. The van der Waals surface area contributed by atoms with E-state index in [0.29, 0.717) is 31.7 Å². The maximum Gasteiger partial charge on any atom is 0.227 e. The maximum absolute atomic E-state index is 13.0. The minimum atomic E-state index is -3.37. The third kappa shape index (κ3) is 4.22. The zero-order valence-electron chi connectivity index (χ0n) is 14.6. The SMILES string of the molecule is CS(=O)(=O)c1ccccc1CC(=O)N1CCN(c2ccc(F)cc2)CC1. The molecule has 5 nitrogen and oxygen atoms in total. The van der Waals surface area contributed by atoms with Crippen molar-refractivity contribution in [2.45, 2.75) is 11.3 Å². The van der Waals surface area contributed by atoms with E-state index in [1.807, 2.05) is 0 Å². The van der Waals surface area contributed by atoms with E-state index in [4.69, 9.17) is 0 Å². The summed E-state index contributed by atoms with van der Waals surface area (Å²) in [7, 11) is -3.37. The number of anilines is 1. The third-order valence-corrected chi connectivity index (χ3v) is 5.74. The molecule has 0 aliphatic carbocycles. The molecular formula is C19H21FN2O3S. The number of hydrogen-bond donors (Lipinski definition) is 0. The summed E-state index contributed by atoms with van der Waals surface area (Å²) in [6.07, 6.45) is 1.22. The van der Waals surface area contributed by atoms with Crippen LogP contribution in [0.2, 0.25) is 0 Å². The van der Waals surface area contributed by atoms with E-state index < -0.39 is 9.84 Å². The van der Waals surface area contributed by atoms with E-state index in [1.165, 1.54) is 18.2 Å². The molecule has 0 atom stereocenters. The Morgan fingerprint density at radius 2 is 1.62 bits per heavy atom. The molecule has 2 aromatic rings. The van der Waals surface area contributed by atoms with Gasteiger partial charge in [0.2, 0.25) is 5.91 Å². The number of carbonyl (C=O) groups is 1. The molecule has 0 aromatic heterocycles. The molecule has 7 heteroatoms. The molecule has 1 aliphatic heterocycles. The monoisotopic (exact) mass is 376 g/mol. The Kier molecular flexibility index (Phi) is 5.27. The minimum absolute atomic E-state index is 0.0692. The number of piperazine rings is 1. The molecule has 138 valence electrons. The van der Waals surface area contributed by atoms with E-state index in [0.717, 1.165) is 11.9 Å². The summed E-state index contributed by atoms with van der Waals surface area (Å²) in [5.74, 6) is -0.355. The lowest BCUT2D eigenvalue weighted by molar-refractivity contribution is -0.130. The molecule has 0 N–H and O–H groups in total. The Balaban J connectivity index is 1.64. The van der Waals surface area contributed by atoms with Gasteiger partial charge < -0.3 is 9.80 Å². The van der Waals surface area contributed by atoms with Gasteiger partial charge in [-0.05, 0) is 35.9 Å². The fourth-order valence-corrected chi connectivity index (χ4v) is 4.09. The van der Waals surface area contributed by atoms with Gasteiger partial charge in [0, 0.05) is 38.1 Å². The van der Waals surface area contributed by atoms with Crippen molar-refractivity contribution in [1.29, 1.82) is 0 Å². The number of sulfone groups is 1. The molecule has 1 amide bonds. The van der Waals surface area contributed by atoms with Gasteiger partial charge >= 0.3 is 0 Å². The lowest BCUT2D eigenvalue weighted by atomic mass is 10.1. The quantitative estimate of drug-likeness (QED) is 0.820. The normalized spacial score (nSPS) is 15.2. The van der Waals surface area contributed by atoms with Gasteiger partial charge in [0.25, 0.3) is 0 Å². The second-order valence-electron chi connectivity index (χ2n) is 6.40. The van der Waals surface area contributed by atoms with E-state index in [2.05, 4.69) is 4.90 Å². The van der Waals surface area contributed by atoms with Crippen LogP contribution in [0.1, 0.15) is 5.56 Å². The third-order valence-electron chi connectivity index (χ3n) is 4.54. The van der Waals surface area contributed by atoms with Crippen LogP contribution in [0.25, 0.3) is 0 Å². The van der Waals surface area contributed by atoms with Crippen molar-refractivity contribution >= 4 is 21.4 Å². The van der Waals surface area contributed by atoms with Gasteiger partial charge in [-0.15, -0.1) is 0 Å². The van der Waals surface area contributed by atoms with E-state index in [-0.39, 0.29) is 23.0 Å². The van der Waals surface area contributed by atoms with E-state index in [9.17, 15) is 17.6 Å². The van der Waals surface area contributed by atoms with Crippen LogP contribution in [0, 0.1) is 5.82 Å². The first kappa shape index (κ1) is 18.4. The average molecular weight is 376 g/mol. The van der Waals surface area contributed by atoms with Crippen molar-refractivity contribution in [3.8, 4) is 0 Å². The van der Waals surface area contributed by atoms with Gasteiger partial charge in [-0.25, -0.2) is 12.8 Å². The molecule has 0 radical (unpaired) electrons. The van der Waals surface area contributed by atoms with Crippen molar-refractivity contribution in [3.05, 3.63) is 59.9 Å². The molecule has 0 unspecified atom stereocenters. The van der Waals surface area contributed by atoms with Gasteiger partial charge in [-0.1, -0.05) is 18.2 Å². The molecule has 1 heterocycles. The molecule has 0 spiro atoms. The smallest absolute Gasteiger partial charge is 0.227 e. The number of rotatable bonds is 4. The van der Waals surface area contributed by atoms with Crippen LogP contribution < -0.4 is 4.90 Å². The van der Waals surface area contributed by atoms with Crippen LogP contribution in [-0.4, -0.2) is 51.7 Å². The summed E-state index contributed by atoms with van der Waals surface area (Å²) in [6.45, 7) is 2.42. The van der Waals surface area contributed by atoms with Gasteiger partial charge in [-0.2, -0.15) is 0 Å². The number of nitrogens with zero attached hydrogens (tertiary/aromatic N) is 2. The van der Waals surface area contributed by atoms with Crippen molar-refractivity contribution in [2.24, 2.45) is 0 Å². The molecule has 3 rings (SSSR count). The minimum Gasteiger partial charge on any atom is -0.368 e. The second-order valence-corrected chi connectivity index (χ2v) is 8.39. The Bertz CT molecular complexity index is 889. The zero-order chi connectivity index (χ0) is 18.7. The fourth-order valence-electron chi connectivity index (χ4n) is 3.15. The largest absolute Gasteiger partial charge is 0.368 e. The topological polar surface area (TPSA) is 57.7 Å². The highest BCUT2D eigenvalue weighted by Gasteiger charge is 2.23. The number of carbonyl (C=O) groups excluding carboxylic acids is 1. The predicted octanol–water partition coefficient (Wildman–Crippen LogP) is 2.12. The number of halogens is 1. The summed E-state index contributed by atoms with van der Waals surface area (Å²) < 4.78 is 36.8.